The Kier molecular flexibility index (Phi) is 8.05. The number of aromatic hydroxyl groups is 1. The van der Waals surface area contributed by atoms with Crippen LogP contribution >= 0.6 is 0 Å². The van der Waals surface area contributed by atoms with Gasteiger partial charge < -0.3 is 19.9 Å². The van der Waals surface area contributed by atoms with Crippen LogP contribution in [0.1, 0.15) is 49.9 Å². The molecule has 1 amide bonds. The van der Waals surface area contributed by atoms with E-state index in [2.05, 4.69) is 15.3 Å². The SMILES string of the molecule is C[C@@H](COc1cc2c(cc1[N+](=O)[O-])C=NC2)NC(=O)OC(C)(C)C.O=[N+]([O-])c1cc2c(cc1O)CN=C2. The molecule has 2 heterocycles. The summed E-state index contributed by atoms with van der Waals surface area (Å²) in [5, 5.41) is 33.5. The highest BCUT2D eigenvalue weighted by molar-refractivity contribution is 5.87. The van der Waals surface area contributed by atoms with Crippen LogP contribution in [-0.2, 0) is 17.8 Å². The molecule has 2 N–H and O–H groups in total. The molecule has 1 atom stereocenters. The molecule has 0 radical (unpaired) electrons. The molecule has 0 saturated heterocycles. The molecular formula is C24H27N5O8. The van der Waals surface area contributed by atoms with Crippen molar-refractivity contribution in [2.75, 3.05) is 6.61 Å². The summed E-state index contributed by atoms with van der Waals surface area (Å²) in [6, 6.07) is 5.43. The minimum atomic E-state index is -0.609. The topological polar surface area (TPSA) is 179 Å². The Labute approximate surface area is 212 Å². The number of nitro groups is 2. The van der Waals surface area contributed by atoms with E-state index in [-0.39, 0.29) is 35.5 Å². The van der Waals surface area contributed by atoms with E-state index in [1.54, 1.807) is 46.2 Å². The summed E-state index contributed by atoms with van der Waals surface area (Å²) in [6.45, 7) is 8.08. The van der Waals surface area contributed by atoms with Crippen LogP contribution in [-0.4, -0.2) is 51.7 Å². The monoisotopic (exact) mass is 513 g/mol. The van der Waals surface area contributed by atoms with Gasteiger partial charge in [0.25, 0.3) is 0 Å². The van der Waals surface area contributed by atoms with Crippen molar-refractivity contribution >= 4 is 29.9 Å². The summed E-state index contributed by atoms with van der Waals surface area (Å²) >= 11 is 0. The first-order valence-electron chi connectivity index (χ1n) is 11.3. The molecule has 196 valence electrons. The van der Waals surface area contributed by atoms with E-state index in [9.17, 15) is 30.1 Å². The van der Waals surface area contributed by atoms with Gasteiger partial charge >= 0.3 is 17.5 Å². The van der Waals surface area contributed by atoms with Gasteiger partial charge in [0.2, 0.25) is 0 Å². The molecule has 0 unspecified atom stereocenters. The van der Waals surface area contributed by atoms with Crippen molar-refractivity contribution in [2.45, 2.75) is 52.4 Å². The van der Waals surface area contributed by atoms with Gasteiger partial charge in [-0.25, -0.2) is 4.79 Å². The van der Waals surface area contributed by atoms with E-state index in [1.807, 2.05) is 0 Å². The zero-order chi connectivity index (χ0) is 27.3. The number of nitro benzene ring substituents is 2. The number of hydrogen-bond acceptors (Lipinski definition) is 10. The molecule has 0 aliphatic carbocycles. The number of nitrogens with zero attached hydrogens (tertiary/aromatic N) is 4. The highest BCUT2D eigenvalue weighted by Gasteiger charge is 2.23. The molecular weight excluding hydrogens is 486 g/mol. The quantitative estimate of drug-likeness (QED) is 0.429. The minimum absolute atomic E-state index is 0.0831. The Morgan fingerprint density at radius 3 is 2.11 bits per heavy atom. The summed E-state index contributed by atoms with van der Waals surface area (Å²) in [5.41, 5.74) is 2.16. The van der Waals surface area contributed by atoms with Crippen molar-refractivity contribution in [3.05, 3.63) is 66.7 Å². The van der Waals surface area contributed by atoms with Crippen LogP contribution < -0.4 is 10.1 Å². The summed E-state index contributed by atoms with van der Waals surface area (Å²) in [6.07, 6.45) is 2.62. The molecule has 37 heavy (non-hydrogen) atoms. The Balaban J connectivity index is 0.000000244. The summed E-state index contributed by atoms with van der Waals surface area (Å²) < 4.78 is 10.7. The van der Waals surface area contributed by atoms with Crippen LogP contribution in [0.3, 0.4) is 0 Å². The third kappa shape index (κ3) is 7.22. The largest absolute Gasteiger partial charge is 0.502 e. The maximum Gasteiger partial charge on any atom is 0.407 e. The lowest BCUT2D eigenvalue weighted by molar-refractivity contribution is -0.386. The van der Waals surface area contributed by atoms with E-state index >= 15 is 0 Å². The molecule has 2 aliphatic rings. The second-order valence-corrected chi connectivity index (χ2v) is 9.37. The number of ether oxygens (including phenoxy) is 2. The number of rotatable bonds is 6. The normalized spacial score (nSPS) is 13.6. The van der Waals surface area contributed by atoms with Gasteiger partial charge in [-0.2, -0.15) is 0 Å². The second kappa shape index (κ2) is 11.0. The molecule has 2 aromatic carbocycles. The molecule has 0 aromatic heterocycles. The maximum atomic E-state index is 11.7. The van der Waals surface area contributed by atoms with Crippen LogP contribution in [0.2, 0.25) is 0 Å². The number of phenols is 1. The first-order chi connectivity index (χ1) is 17.3. The number of benzene rings is 2. The smallest absolute Gasteiger partial charge is 0.407 e. The molecule has 0 spiro atoms. The number of phenolic OH excluding ortho intramolecular Hbond substituents is 1. The number of carbonyl (C=O) groups excluding carboxylic acids is 1. The molecule has 13 nitrogen and oxygen atoms in total. The van der Waals surface area contributed by atoms with Crippen molar-refractivity contribution in [1.29, 1.82) is 0 Å². The van der Waals surface area contributed by atoms with Gasteiger partial charge in [-0.1, -0.05) is 0 Å². The Hall–Kier alpha value is -4.55. The standard InChI is InChI=1S/C16H21N3O5.C8H6N2O3/c1-10(18-15(20)24-16(2,3)4)9-23-14-6-12-8-17-7-11(12)5-13(14)19(21)22;11-8-2-6-4-9-3-5(6)1-7(8)10(12)13/h5-7,10H,8-9H2,1-4H3,(H,18,20);1-3,11H,4H2/t10-;/m0./s1. The van der Waals surface area contributed by atoms with E-state index in [1.165, 1.54) is 18.2 Å². The second-order valence-electron chi connectivity index (χ2n) is 9.37. The van der Waals surface area contributed by atoms with Crippen LogP contribution in [0.4, 0.5) is 16.2 Å². The number of fused-ring (bicyclic) bond motifs is 2. The number of carbonyl (C=O) groups is 1. The zero-order valence-corrected chi connectivity index (χ0v) is 20.8. The molecule has 2 aliphatic heterocycles. The first kappa shape index (κ1) is 27.0. The fourth-order valence-electron chi connectivity index (χ4n) is 3.43. The number of hydrogen-bond donors (Lipinski definition) is 2. The number of amides is 1. The number of alkyl carbamates (subject to hydrolysis) is 1. The summed E-state index contributed by atoms with van der Waals surface area (Å²) in [5.74, 6) is -0.128. The van der Waals surface area contributed by atoms with Crippen molar-refractivity contribution in [3.8, 4) is 11.5 Å². The van der Waals surface area contributed by atoms with Crippen molar-refractivity contribution in [1.82, 2.24) is 5.32 Å². The zero-order valence-electron chi connectivity index (χ0n) is 20.8. The lowest BCUT2D eigenvalue weighted by Gasteiger charge is -2.22. The van der Waals surface area contributed by atoms with Crippen LogP contribution in [0.15, 0.2) is 34.3 Å². The molecule has 13 heteroatoms. The van der Waals surface area contributed by atoms with Gasteiger partial charge in [0.05, 0.1) is 29.0 Å². The molecule has 0 bridgehead atoms. The van der Waals surface area contributed by atoms with Crippen LogP contribution in [0.25, 0.3) is 0 Å². The van der Waals surface area contributed by atoms with Gasteiger partial charge in [-0.05, 0) is 51.0 Å². The number of nitrogens with one attached hydrogen (secondary N) is 1. The highest BCUT2D eigenvalue weighted by Crippen LogP contribution is 2.32. The van der Waals surface area contributed by atoms with Gasteiger partial charge in [0.1, 0.15) is 12.2 Å². The molecule has 0 fully saturated rings. The Morgan fingerprint density at radius 1 is 1.03 bits per heavy atom. The first-order valence-corrected chi connectivity index (χ1v) is 11.3. The van der Waals surface area contributed by atoms with E-state index in [0.717, 1.165) is 16.7 Å². The van der Waals surface area contributed by atoms with E-state index in [4.69, 9.17) is 9.47 Å². The fourth-order valence-corrected chi connectivity index (χ4v) is 3.43. The molecule has 0 saturated carbocycles. The third-order valence-electron chi connectivity index (χ3n) is 5.09. The van der Waals surface area contributed by atoms with Gasteiger partial charge in [0, 0.05) is 35.7 Å². The predicted molar refractivity (Wildman–Crippen MR) is 135 cm³/mol. The van der Waals surface area contributed by atoms with Crippen molar-refractivity contribution < 1.29 is 29.2 Å². The van der Waals surface area contributed by atoms with Gasteiger partial charge in [0.15, 0.2) is 11.5 Å². The fraction of sp³-hybridized carbons (Fsp3) is 0.375. The average molecular weight is 514 g/mol. The van der Waals surface area contributed by atoms with Crippen molar-refractivity contribution in [2.24, 2.45) is 9.98 Å². The van der Waals surface area contributed by atoms with Gasteiger partial charge in [-0.15, -0.1) is 0 Å². The predicted octanol–water partition coefficient (Wildman–Crippen LogP) is 4.05. The van der Waals surface area contributed by atoms with Crippen LogP contribution in [0, 0.1) is 20.2 Å². The minimum Gasteiger partial charge on any atom is -0.502 e. The van der Waals surface area contributed by atoms with E-state index < -0.39 is 21.5 Å². The summed E-state index contributed by atoms with van der Waals surface area (Å²) in [7, 11) is 0. The maximum absolute atomic E-state index is 11.7. The Bertz CT molecular complexity index is 1280. The van der Waals surface area contributed by atoms with Crippen molar-refractivity contribution in [3.63, 3.8) is 0 Å². The average Bonchev–Trinajstić information content (AvgIpc) is 3.43. The number of aliphatic imine (C=N–C) groups is 2. The van der Waals surface area contributed by atoms with Gasteiger partial charge in [-0.3, -0.25) is 30.2 Å². The Morgan fingerprint density at radius 2 is 1.57 bits per heavy atom. The van der Waals surface area contributed by atoms with Crippen LogP contribution in [0.5, 0.6) is 11.5 Å². The lowest BCUT2D eigenvalue weighted by Crippen LogP contribution is -2.40. The third-order valence-corrected chi connectivity index (χ3v) is 5.09. The lowest BCUT2D eigenvalue weighted by atomic mass is 10.1. The molecule has 2 aromatic rings. The highest BCUT2D eigenvalue weighted by atomic mass is 16.6. The van der Waals surface area contributed by atoms with E-state index in [0.29, 0.717) is 18.7 Å². The molecule has 4 rings (SSSR count). The summed E-state index contributed by atoms with van der Waals surface area (Å²) in [4.78, 5) is 40.2.